The summed E-state index contributed by atoms with van der Waals surface area (Å²) < 4.78 is 85.4. The Kier molecular flexibility index (Phi) is 4.13. The molecule has 19 heavy (non-hydrogen) atoms. The van der Waals surface area contributed by atoms with Gasteiger partial charge in [0, 0.05) is 6.07 Å². The van der Waals surface area contributed by atoms with Crippen molar-refractivity contribution in [2.45, 2.75) is 11.9 Å². The Morgan fingerprint density at radius 3 is 2.26 bits per heavy atom. The first-order valence-electron chi connectivity index (χ1n) is 4.50. The van der Waals surface area contributed by atoms with E-state index in [0.717, 1.165) is 12.1 Å². The van der Waals surface area contributed by atoms with Crippen LogP contribution in [-0.4, -0.2) is 19.9 Å². The van der Waals surface area contributed by atoms with E-state index in [2.05, 4.69) is 4.18 Å². The van der Waals surface area contributed by atoms with E-state index < -0.39 is 45.2 Å². The third-order valence-corrected chi connectivity index (χ3v) is 2.81. The smallest absolute Gasteiger partial charge is 0.339 e. The summed E-state index contributed by atoms with van der Waals surface area (Å²) in [7, 11) is -6.08. The van der Waals surface area contributed by atoms with Crippen LogP contribution in [0, 0.1) is 11.6 Å². The van der Waals surface area contributed by atoms with Crippen molar-refractivity contribution >= 4 is 16.1 Å². The Bertz CT molecular complexity index is 593. The van der Waals surface area contributed by atoms with E-state index in [0.29, 0.717) is 6.07 Å². The number of alkyl halides is 3. The van der Waals surface area contributed by atoms with Crippen molar-refractivity contribution < 1.29 is 39.3 Å². The maximum atomic E-state index is 13.1. The minimum Gasteiger partial charge on any atom is -0.339 e. The molecule has 10 heteroatoms. The molecule has 1 aromatic carbocycles. The molecule has 0 aliphatic carbocycles. The minimum absolute atomic E-state index is 0.390. The third kappa shape index (κ3) is 3.88. The summed E-state index contributed by atoms with van der Waals surface area (Å²) in [6.07, 6.45) is -1.08. The molecular formula is C9H5F5O4S. The maximum Gasteiger partial charge on any atom is 0.534 e. The molecule has 0 saturated heterocycles. The van der Waals surface area contributed by atoms with Gasteiger partial charge in [-0.3, -0.25) is 4.79 Å². The first-order valence-corrected chi connectivity index (χ1v) is 5.91. The Morgan fingerprint density at radius 2 is 1.79 bits per heavy atom. The van der Waals surface area contributed by atoms with Crippen molar-refractivity contribution in [1.82, 2.24) is 0 Å². The van der Waals surface area contributed by atoms with Crippen LogP contribution in [0.1, 0.15) is 5.56 Å². The van der Waals surface area contributed by atoms with Crippen LogP contribution in [0.25, 0.3) is 0 Å². The van der Waals surface area contributed by atoms with Crippen LogP contribution in [-0.2, 0) is 25.5 Å². The first-order chi connectivity index (χ1) is 8.53. The van der Waals surface area contributed by atoms with E-state index in [-0.39, 0.29) is 0 Å². The van der Waals surface area contributed by atoms with Crippen LogP contribution in [0.3, 0.4) is 0 Å². The van der Waals surface area contributed by atoms with E-state index in [1.807, 2.05) is 0 Å². The molecule has 1 aromatic rings. The average Bonchev–Trinajstić information content (AvgIpc) is 2.19. The Hall–Kier alpha value is -1.71. The number of benzene rings is 1. The minimum atomic E-state index is -6.08. The van der Waals surface area contributed by atoms with E-state index in [1.54, 1.807) is 0 Å². The summed E-state index contributed by atoms with van der Waals surface area (Å²) in [6.45, 7) is 0. The molecule has 0 aliphatic heterocycles. The topological polar surface area (TPSA) is 60.4 Å². The monoisotopic (exact) mass is 304 g/mol. The van der Waals surface area contributed by atoms with Crippen molar-refractivity contribution in [1.29, 1.82) is 0 Å². The third-order valence-electron chi connectivity index (χ3n) is 1.84. The van der Waals surface area contributed by atoms with Gasteiger partial charge in [0.2, 0.25) is 0 Å². The van der Waals surface area contributed by atoms with Crippen molar-refractivity contribution in [2.75, 3.05) is 0 Å². The van der Waals surface area contributed by atoms with Crippen molar-refractivity contribution in [2.24, 2.45) is 0 Å². The molecule has 0 radical (unpaired) electrons. The number of carbonyl (C=O) groups excluding carboxylic acids is 1. The number of halogens is 5. The fraction of sp³-hybridized carbons (Fsp3) is 0.222. The highest BCUT2D eigenvalue weighted by Crippen LogP contribution is 2.25. The lowest BCUT2D eigenvalue weighted by molar-refractivity contribution is -0.135. The highest BCUT2D eigenvalue weighted by molar-refractivity contribution is 7.88. The van der Waals surface area contributed by atoms with Crippen molar-refractivity contribution in [3.63, 3.8) is 0 Å². The van der Waals surface area contributed by atoms with Gasteiger partial charge in [-0.2, -0.15) is 21.6 Å². The van der Waals surface area contributed by atoms with Crippen LogP contribution >= 0.6 is 0 Å². The predicted octanol–water partition coefficient (Wildman–Crippen LogP) is 1.90. The summed E-state index contributed by atoms with van der Waals surface area (Å²) in [5.74, 6) is -4.00. The number of rotatable bonds is 3. The van der Waals surface area contributed by atoms with E-state index in [9.17, 15) is 35.2 Å². The highest BCUT2D eigenvalue weighted by atomic mass is 32.2. The van der Waals surface area contributed by atoms with E-state index in [1.165, 1.54) is 0 Å². The molecule has 0 saturated carbocycles. The molecule has 0 spiro atoms. The van der Waals surface area contributed by atoms with Crippen molar-refractivity contribution in [3.8, 4) is 0 Å². The zero-order valence-corrected chi connectivity index (χ0v) is 9.69. The molecule has 1 rings (SSSR count). The van der Waals surface area contributed by atoms with Crippen LogP contribution in [0.5, 0.6) is 0 Å². The van der Waals surface area contributed by atoms with Gasteiger partial charge in [-0.05, 0) is 11.6 Å². The molecule has 0 atom stereocenters. The molecule has 106 valence electrons. The van der Waals surface area contributed by atoms with E-state index >= 15 is 0 Å². The molecule has 4 nitrogen and oxygen atoms in total. The molecule has 0 N–H and O–H groups in total. The molecule has 0 amide bonds. The van der Waals surface area contributed by atoms with Gasteiger partial charge < -0.3 is 4.18 Å². The van der Waals surface area contributed by atoms with Gasteiger partial charge in [-0.25, -0.2) is 8.78 Å². The lowest BCUT2D eigenvalue weighted by atomic mass is 10.1. The SMILES string of the molecule is O=C(Cc1ccc(F)cc1F)OS(=O)(=O)C(F)(F)F. The molecule has 0 fully saturated rings. The second kappa shape index (κ2) is 5.11. The Labute approximate surface area is 103 Å². The van der Waals surface area contributed by atoms with Gasteiger partial charge in [-0.15, -0.1) is 0 Å². The molecule has 0 bridgehead atoms. The van der Waals surface area contributed by atoms with Gasteiger partial charge in [0.1, 0.15) is 11.6 Å². The van der Waals surface area contributed by atoms with Gasteiger partial charge in [0.05, 0.1) is 6.42 Å². The van der Waals surface area contributed by atoms with Gasteiger partial charge >= 0.3 is 21.6 Å². The second-order valence-electron chi connectivity index (χ2n) is 3.27. The largest absolute Gasteiger partial charge is 0.534 e. The number of hydrogen-bond donors (Lipinski definition) is 0. The fourth-order valence-corrected chi connectivity index (χ4v) is 1.42. The second-order valence-corrected chi connectivity index (χ2v) is 4.81. The highest BCUT2D eigenvalue weighted by Gasteiger charge is 2.49. The lowest BCUT2D eigenvalue weighted by Crippen LogP contribution is -2.28. The summed E-state index contributed by atoms with van der Waals surface area (Å²) in [5.41, 5.74) is -6.26. The first kappa shape index (κ1) is 15.3. The normalized spacial score (nSPS) is 12.3. The Balaban J connectivity index is 2.82. The standard InChI is InChI=1S/C9H5F5O4S/c10-6-2-1-5(7(11)4-6)3-8(15)18-19(16,17)9(12,13)14/h1-2,4H,3H2. The van der Waals surface area contributed by atoms with Gasteiger partial charge in [0.25, 0.3) is 0 Å². The zero-order chi connectivity index (χ0) is 14.8. The average molecular weight is 304 g/mol. The zero-order valence-electron chi connectivity index (χ0n) is 8.87. The van der Waals surface area contributed by atoms with Gasteiger partial charge in [-0.1, -0.05) is 6.07 Å². The predicted molar refractivity (Wildman–Crippen MR) is 51.1 cm³/mol. The quantitative estimate of drug-likeness (QED) is 0.486. The summed E-state index contributed by atoms with van der Waals surface area (Å²) >= 11 is 0. The van der Waals surface area contributed by atoms with Crippen LogP contribution in [0.4, 0.5) is 22.0 Å². The van der Waals surface area contributed by atoms with Gasteiger partial charge in [0.15, 0.2) is 0 Å². The lowest BCUT2D eigenvalue weighted by Gasteiger charge is -2.08. The summed E-state index contributed by atoms with van der Waals surface area (Å²) in [5, 5.41) is 0. The van der Waals surface area contributed by atoms with Crippen LogP contribution in [0.15, 0.2) is 18.2 Å². The molecule has 0 aromatic heterocycles. The summed E-state index contributed by atoms with van der Waals surface area (Å²) in [6, 6.07) is 1.93. The number of hydrogen-bond acceptors (Lipinski definition) is 4. The fourth-order valence-electron chi connectivity index (χ4n) is 1.02. The number of carbonyl (C=O) groups is 1. The molecular weight excluding hydrogens is 299 g/mol. The van der Waals surface area contributed by atoms with Crippen molar-refractivity contribution in [3.05, 3.63) is 35.4 Å². The molecule has 0 unspecified atom stereocenters. The van der Waals surface area contributed by atoms with E-state index in [4.69, 9.17) is 0 Å². The Morgan fingerprint density at radius 1 is 1.21 bits per heavy atom. The molecule has 0 aliphatic rings. The maximum absolute atomic E-state index is 13.1. The summed E-state index contributed by atoms with van der Waals surface area (Å²) in [4.78, 5) is 11.0. The molecule has 0 heterocycles. The van der Waals surface area contributed by atoms with Crippen LogP contribution in [0.2, 0.25) is 0 Å². The van der Waals surface area contributed by atoms with Crippen LogP contribution < -0.4 is 0 Å².